The minimum atomic E-state index is -0.158. The first-order valence-corrected chi connectivity index (χ1v) is 8.92. The molecule has 1 saturated heterocycles. The average Bonchev–Trinajstić information content (AvgIpc) is 3.11. The van der Waals surface area contributed by atoms with Gasteiger partial charge in [0.1, 0.15) is 10.7 Å². The number of rotatable bonds is 5. The Bertz CT molecular complexity index is 697. The molecule has 0 unspecified atom stereocenters. The molecule has 0 aliphatic carbocycles. The second kappa shape index (κ2) is 7.76. The molecular formula is C16H21N5O2S. The third-order valence-corrected chi connectivity index (χ3v) is 4.69. The first kappa shape index (κ1) is 16.9. The molecule has 2 aromatic rings. The van der Waals surface area contributed by atoms with Gasteiger partial charge in [0.25, 0.3) is 5.91 Å². The maximum atomic E-state index is 12.3. The molecule has 3 rings (SSSR count). The van der Waals surface area contributed by atoms with E-state index in [0.29, 0.717) is 18.0 Å². The Balaban J connectivity index is 1.64. The maximum Gasteiger partial charge on any atom is 0.265 e. The highest BCUT2D eigenvalue weighted by molar-refractivity contribution is 7.08. The molecular weight excluding hydrogens is 326 g/mol. The quantitative estimate of drug-likeness (QED) is 0.892. The van der Waals surface area contributed by atoms with Crippen LogP contribution in [-0.4, -0.2) is 38.7 Å². The van der Waals surface area contributed by atoms with E-state index in [-0.39, 0.29) is 17.7 Å². The van der Waals surface area contributed by atoms with Crippen molar-refractivity contribution in [1.82, 2.24) is 24.9 Å². The number of hydrogen-bond donors (Lipinski definition) is 1. The summed E-state index contributed by atoms with van der Waals surface area (Å²) in [5.41, 5.74) is 1.53. The van der Waals surface area contributed by atoms with Crippen LogP contribution in [0.1, 0.15) is 65.4 Å². The summed E-state index contributed by atoms with van der Waals surface area (Å²) >= 11 is 1.12. The van der Waals surface area contributed by atoms with Gasteiger partial charge in [0.05, 0.1) is 24.5 Å². The van der Waals surface area contributed by atoms with Gasteiger partial charge in [-0.05, 0) is 36.4 Å². The zero-order valence-electron chi connectivity index (χ0n) is 13.9. The van der Waals surface area contributed by atoms with Crippen LogP contribution in [-0.2, 0) is 11.3 Å². The molecule has 0 bridgehead atoms. The van der Waals surface area contributed by atoms with Crippen molar-refractivity contribution in [3.63, 3.8) is 0 Å². The number of amides is 1. The minimum Gasteiger partial charge on any atom is -0.381 e. The van der Waals surface area contributed by atoms with E-state index in [1.165, 1.54) is 0 Å². The van der Waals surface area contributed by atoms with Crippen LogP contribution < -0.4 is 5.32 Å². The molecule has 2 aromatic heterocycles. The predicted octanol–water partition coefficient (Wildman–Crippen LogP) is 2.28. The molecule has 1 atom stereocenters. The van der Waals surface area contributed by atoms with Crippen molar-refractivity contribution in [3.05, 3.63) is 34.4 Å². The Morgan fingerprint density at radius 1 is 1.50 bits per heavy atom. The molecule has 0 saturated carbocycles. The molecule has 8 heteroatoms. The van der Waals surface area contributed by atoms with Crippen molar-refractivity contribution in [1.29, 1.82) is 0 Å². The van der Waals surface area contributed by atoms with Crippen molar-refractivity contribution in [3.8, 4) is 0 Å². The van der Waals surface area contributed by atoms with Gasteiger partial charge in [-0.3, -0.25) is 4.79 Å². The van der Waals surface area contributed by atoms with Crippen LogP contribution in [0.4, 0.5) is 0 Å². The molecule has 128 valence electrons. The largest absolute Gasteiger partial charge is 0.381 e. The number of nitrogens with zero attached hydrogens (tertiary/aromatic N) is 4. The van der Waals surface area contributed by atoms with E-state index < -0.39 is 0 Å². The Morgan fingerprint density at radius 3 is 3.12 bits per heavy atom. The van der Waals surface area contributed by atoms with Gasteiger partial charge >= 0.3 is 0 Å². The lowest BCUT2D eigenvalue weighted by Gasteiger charge is -2.20. The standard InChI is InChI=1S/C16H21N5O2S/c1-10(2)13-14(24-21-20-13)16(22)18-8-12-5-6-17-15(19-12)11-4-3-7-23-9-11/h5-6,10-11H,3-4,7-9H2,1-2H3,(H,18,22)/t11-/m0/s1. The van der Waals surface area contributed by atoms with E-state index >= 15 is 0 Å². The Hall–Kier alpha value is -1.93. The lowest BCUT2D eigenvalue weighted by Crippen LogP contribution is -2.24. The van der Waals surface area contributed by atoms with Gasteiger partial charge in [-0.2, -0.15) is 0 Å². The second-order valence-electron chi connectivity index (χ2n) is 6.14. The van der Waals surface area contributed by atoms with Crippen molar-refractivity contribution >= 4 is 17.4 Å². The highest BCUT2D eigenvalue weighted by Crippen LogP contribution is 2.22. The Kier molecular flexibility index (Phi) is 5.47. The molecule has 7 nitrogen and oxygen atoms in total. The first-order chi connectivity index (χ1) is 11.6. The molecule has 1 N–H and O–H groups in total. The van der Waals surface area contributed by atoms with Crippen LogP contribution in [0.2, 0.25) is 0 Å². The van der Waals surface area contributed by atoms with Crippen molar-refractivity contribution in [2.24, 2.45) is 0 Å². The highest BCUT2D eigenvalue weighted by Gasteiger charge is 2.20. The van der Waals surface area contributed by atoms with Crippen LogP contribution in [0, 0.1) is 0 Å². The van der Waals surface area contributed by atoms with Crippen LogP contribution in [0.15, 0.2) is 12.3 Å². The summed E-state index contributed by atoms with van der Waals surface area (Å²) in [6.45, 7) is 5.83. The molecule has 3 heterocycles. The first-order valence-electron chi connectivity index (χ1n) is 8.15. The average molecular weight is 347 g/mol. The van der Waals surface area contributed by atoms with Crippen LogP contribution >= 0.6 is 11.5 Å². The number of aromatic nitrogens is 4. The summed E-state index contributed by atoms with van der Waals surface area (Å²) in [7, 11) is 0. The summed E-state index contributed by atoms with van der Waals surface area (Å²) in [5.74, 6) is 1.05. The van der Waals surface area contributed by atoms with E-state index in [2.05, 4.69) is 24.9 Å². The molecule has 0 radical (unpaired) electrons. The van der Waals surface area contributed by atoms with Crippen molar-refractivity contribution in [2.75, 3.05) is 13.2 Å². The fourth-order valence-electron chi connectivity index (χ4n) is 2.64. The summed E-state index contributed by atoms with van der Waals surface area (Å²) in [6.07, 6.45) is 3.82. The fourth-order valence-corrected chi connectivity index (χ4v) is 3.37. The molecule has 1 fully saturated rings. The van der Waals surface area contributed by atoms with Crippen molar-refractivity contribution in [2.45, 2.75) is 45.1 Å². The lowest BCUT2D eigenvalue weighted by molar-refractivity contribution is 0.0779. The van der Waals surface area contributed by atoms with Gasteiger partial charge in [-0.1, -0.05) is 18.3 Å². The van der Waals surface area contributed by atoms with E-state index in [1.807, 2.05) is 19.9 Å². The van der Waals surface area contributed by atoms with E-state index in [4.69, 9.17) is 4.74 Å². The van der Waals surface area contributed by atoms with Crippen LogP contribution in [0.5, 0.6) is 0 Å². The predicted molar refractivity (Wildman–Crippen MR) is 90.0 cm³/mol. The third-order valence-electron chi connectivity index (χ3n) is 3.95. The summed E-state index contributed by atoms with van der Waals surface area (Å²) in [6, 6.07) is 1.82. The lowest BCUT2D eigenvalue weighted by atomic mass is 10.0. The van der Waals surface area contributed by atoms with Crippen molar-refractivity contribution < 1.29 is 9.53 Å². The van der Waals surface area contributed by atoms with Crippen LogP contribution in [0.3, 0.4) is 0 Å². The molecule has 1 aliphatic heterocycles. The Morgan fingerprint density at radius 2 is 2.38 bits per heavy atom. The summed E-state index contributed by atoms with van der Waals surface area (Å²) < 4.78 is 9.38. The molecule has 0 aromatic carbocycles. The second-order valence-corrected chi connectivity index (χ2v) is 6.90. The molecule has 1 aliphatic rings. The molecule has 24 heavy (non-hydrogen) atoms. The zero-order chi connectivity index (χ0) is 16.9. The number of nitrogens with one attached hydrogen (secondary N) is 1. The Labute approximate surface area is 145 Å². The number of ether oxygens (including phenoxy) is 1. The summed E-state index contributed by atoms with van der Waals surface area (Å²) in [4.78, 5) is 21.8. The van der Waals surface area contributed by atoms with E-state index in [1.54, 1.807) is 6.20 Å². The molecule has 1 amide bonds. The SMILES string of the molecule is CC(C)c1nnsc1C(=O)NCc1ccnc([C@H]2CCCOC2)n1. The topological polar surface area (TPSA) is 89.9 Å². The maximum absolute atomic E-state index is 12.3. The van der Waals surface area contributed by atoms with Gasteiger partial charge in [0.2, 0.25) is 0 Å². The smallest absolute Gasteiger partial charge is 0.265 e. The number of carbonyl (C=O) groups excluding carboxylic acids is 1. The monoisotopic (exact) mass is 347 g/mol. The fraction of sp³-hybridized carbons (Fsp3) is 0.562. The van der Waals surface area contributed by atoms with Gasteiger partial charge < -0.3 is 10.1 Å². The van der Waals surface area contributed by atoms with Gasteiger partial charge in [0.15, 0.2) is 0 Å². The van der Waals surface area contributed by atoms with Gasteiger partial charge in [-0.25, -0.2) is 9.97 Å². The third kappa shape index (κ3) is 3.93. The number of carbonyl (C=O) groups is 1. The van der Waals surface area contributed by atoms with Gasteiger partial charge in [-0.15, -0.1) is 5.10 Å². The molecule has 0 spiro atoms. The minimum absolute atomic E-state index is 0.158. The summed E-state index contributed by atoms with van der Waals surface area (Å²) in [5, 5.41) is 6.93. The number of hydrogen-bond acceptors (Lipinski definition) is 7. The van der Waals surface area contributed by atoms with Crippen LogP contribution in [0.25, 0.3) is 0 Å². The normalized spacial score (nSPS) is 17.9. The van der Waals surface area contributed by atoms with E-state index in [9.17, 15) is 4.79 Å². The zero-order valence-corrected chi connectivity index (χ0v) is 14.7. The van der Waals surface area contributed by atoms with E-state index in [0.717, 1.165) is 48.2 Å². The highest BCUT2D eigenvalue weighted by atomic mass is 32.1. The van der Waals surface area contributed by atoms with Gasteiger partial charge in [0, 0.05) is 18.7 Å².